The van der Waals surface area contributed by atoms with Gasteiger partial charge in [0.05, 0.1) is 6.20 Å². The van der Waals surface area contributed by atoms with Crippen LogP contribution in [0.5, 0.6) is 5.75 Å². The molecule has 0 aliphatic carbocycles. The first-order valence-corrected chi connectivity index (χ1v) is 6.15. The van der Waals surface area contributed by atoms with Crippen molar-refractivity contribution in [1.82, 2.24) is 19.7 Å². The zero-order chi connectivity index (χ0) is 14.6. The molecule has 108 valence electrons. The quantitative estimate of drug-likeness (QED) is 0.621. The predicted molar refractivity (Wildman–Crippen MR) is 67.6 cm³/mol. The fraction of sp³-hybridized carbons (Fsp3) is 0.364. The Morgan fingerprint density at radius 1 is 1.29 bits per heavy atom. The number of nitrogens with zero attached hydrogens (tertiary/aromatic N) is 4. The average molecular weight is 324 g/mol. The molecule has 0 radical (unpaired) electrons. The van der Waals surface area contributed by atoms with Crippen LogP contribution >= 0.6 is 0 Å². The summed E-state index contributed by atoms with van der Waals surface area (Å²) in [4.78, 5) is 7.55. The van der Waals surface area contributed by atoms with E-state index in [1.165, 1.54) is 12.5 Å². The zero-order valence-electron chi connectivity index (χ0n) is 11.8. The third-order valence-corrected chi connectivity index (χ3v) is 2.61. The molecule has 0 saturated carbocycles. The number of hydrogen-bond donors (Lipinski definition) is 0. The molecule has 2 aromatic rings. The number of rotatable bonds is 6. The van der Waals surface area contributed by atoms with Gasteiger partial charge in [0, 0.05) is 12.7 Å². The molecule has 0 amide bonds. The molecule has 0 aliphatic heterocycles. The monoisotopic (exact) mass is 324 g/mol. The van der Waals surface area contributed by atoms with E-state index in [-0.39, 0.29) is 63.7 Å². The molecule has 0 fully saturated rings. The van der Waals surface area contributed by atoms with E-state index < -0.39 is 12.4 Å². The van der Waals surface area contributed by atoms with E-state index in [9.17, 15) is 12.9 Å². The van der Waals surface area contributed by atoms with Crippen molar-refractivity contribution in [1.29, 1.82) is 0 Å². The number of halogens is 3. The zero-order valence-corrected chi connectivity index (χ0v) is 15.0. The van der Waals surface area contributed by atoms with E-state index >= 15 is 0 Å². The summed E-state index contributed by atoms with van der Waals surface area (Å²) in [5.41, 5.74) is -0.780. The van der Waals surface area contributed by atoms with Crippen LogP contribution in [0.3, 0.4) is 0 Å². The molecule has 0 spiro atoms. The molecule has 0 N–H and O–H groups in total. The van der Waals surface area contributed by atoms with Gasteiger partial charge in [0.25, 0.3) is 0 Å². The van der Waals surface area contributed by atoms with Gasteiger partial charge in [-0.1, -0.05) is 12.4 Å². The minimum Gasteiger partial charge on any atom is -0.484 e. The van der Waals surface area contributed by atoms with E-state index in [2.05, 4.69) is 15.1 Å². The molecule has 0 atom stereocenters. The Labute approximate surface area is 162 Å². The minimum atomic E-state index is -5.08. The summed E-state index contributed by atoms with van der Waals surface area (Å²) in [6.45, 7) is -2.35. The summed E-state index contributed by atoms with van der Waals surface area (Å²) in [5.74, 6) is 0.627. The van der Waals surface area contributed by atoms with E-state index in [0.717, 1.165) is 18.7 Å². The van der Waals surface area contributed by atoms with Crippen LogP contribution in [-0.4, -0.2) is 26.7 Å². The molecule has 5 nitrogen and oxygen atoms in total. The maximum absolute atomic E-state index is 12.6. The molecule has 0 aliphatic rings. The van der Waals surface area contributed by atoms with Gasteiger partial charge in [-0.2, -0.15) is 5.10 Å². The van der Waals surface area contributed by atoms with Crippen molar-refractivity contribution in [2.75, 3.05) is 0 Å². The Bertz CT molecular complexity index is 579. The van der Waals surface area contributed by atoms with Gasteiger partial charge in [-0.25, -0.2) is 9.67 Å². The first-order valence-electron chi connectivity index (χ1n) is 6.15. The van der Waals surface area contributed by atoms with Crippen LogP contribution in [-0.2, 0) is 13.2 Å². The van der Waals surface area contributed by atoms with Gasteiger partial charge >= 0.3 is 58.4 Å². The van der Waals surface area contributed by atoms with Crippen LogP contribution in [0.25, 0.3) is 0 Å². The van der Waals surface area contributed by atoms with Gasteiger partial charge in [0.1, 0.15) is 18.7 Å². The third-order valence-electron chi connectivity index (χ3n) is 2.61. The normalized spacial score (nSPS) is 11.0. The second-order valence-electron chi connectivity index (χ2n) is 4.22. The molecule has 0 aromatic carbocycles. The van der Waals surface area contributed by atoms with Crippen LogP contribution in [0.1, 0.15) is 19.2 Å². The molecular formula is C11H13BF3KN4O. The van der Waals surface area contributed by atoms with Crippen molar-refractivity contribution in [2.45, 2.75) is 26.5 Å². The van der Waals surface area contributed by atoms with Crippen LogP contribution in [0.2, 0.25) is 0 Å². The number of ether oxygens (including phenoxy) is 1. The summed E-state index contributed by atoms with van der Waals surface area (Å²) >= 11 is 0. The standard InChI is InChI=1S/C11H13BF3N4O.K/c1-2-3-19-11(17-8-18-19)7-20-10-4-9(5-16-6-10)12(13,14)15;/h4-6,8H,2-3,7H2,1H3;/q-1;+1. The van der Waals surface area contributed by atoms with E-state index in [4.69, 9.17) is 4.74 Å². The smallest absolute Gasteiger partial charge is 0.484 e. The Hall–Kier alpha value is -0.419. The van der Waals surface area contributed by atoms with Gasteiger partial charge in [-0.3, -0.25) is 4.98 Å². The minimum absolute atomic E-state index is 0. The first kappa shape index (κ1) is 18.6. The van der Waals surface area contributed by atoms with Gasteiger partial charge in [-0.15, -0.1) is 0 Å². The van der Waals surface area contributed by atoms with Crippen molar-refractivity contribution in [2.24, 2.45) is 0 Å². The predicted octanol–water partition coefficient (Wildman–Crippen LogP) is -1.28. The van der Waals surface area contributed by atoms with Gasteiger partial charge in [-0.05, 0) is 12.5 Å². The summed E-state index contributed by atoms with van der Waals surface area (Å²) in [5, 5.41) is 4.01. The number of pyridine rings is 1. The molecule has 21 heavy (non-hydrogen) atoms. The Morgan fingerprint density at radius 3 is 2.71 bits per heavy atom. The number of hydrogen-bond acceptors (Lipinski definition) is 4. The molecule has 2 heterocycles. The van der Waals surface area contributed by atoms with E-state index in [1.807, 2.05) is 6.92 Å². The average Bonchev–Trinajstić information content (AvgIpc) is 2.84. The number of aromatic nitrogens is 4. The molecular weight excluding hydrogens is 311 g/mol. The first-order chi connectivity index (χ1) is 9.50. The van der Waals surface area contributed by atoms with Crippen molar-refractivity contribution in [3.8, 4) is 5.75 Å². The Kier molecular flexibility index (Phi) is 7.34. The summed E-state index contributed by atoms with van der Waals surface area (Å²) in [7, 11) is 0. The summed E-state index contributed by atoms with van der Waals surface area (Å²) in [6.07, 6.45) is 4.30. The maximum Gasteiger partial charge on any atom is 1.00 e. The topological polar surface area (TPSA) is 52.8 Å². The second-order valence-corrected chi connectivity index (χ2v) is 4.22. The number of aryl methyl sites for hydroxylation is 1. The van der Waals surface area contributed by atoms with Crippen LogP contribution in [0, 0.1) is 0 Å². The Morgan fingerprint density at radius 2 is 2.05 bits per heavy atom. The maximum atomic E-state index is 12.6. The second kappa shape index (κ2) is 8.28. The fourth-order valence-electron chi connectivity index (χ4n) is 1.64. The van der Waals surface area contributed by atoms with Crippen LogP contribution in [0.15, 0.2) is 24.8 Å². The largest absolute Gasteiger partial charge is 1.00 e. The van der Waals surface area contributed by atoms with Gasteiger partial charge < -0.3 is 17.7 Å². The van der Waals surface area contributed by atoms with Crippen molar-refractivity contribution < 1.29 is 69.1 Å². The molecule has 0 unspecified atom stereocenters. The van der Waals surface area contributed by atoms with Crippen molar-refractivity contribution >= 4 is 12.4 Å². The fourth-order valence-corrected chi connectivity index (χ4v) is 1.64. The third kappa shape index (κ3) is 5.37. The van der Waals surface area contributed by atoms with Gasteiger partial charge in [0.2, 0.25) is 0 Å². The summed E-state index contributed by atoms with van der Waals surface area (Å²) < 4.78 is 44.7. The molecule has 0 saturated heterocycles. The molecule has 10 heteroatoms. The van der Waals surface area contributed by atoms with Gasteiger partial charge in [0.15, 0.2) is 5.82 Å². The van der Waals surface area contributed by atoms with E-state index in [1.54, 1.807) is 4.68 Å². The van der Waals surface area contributed by atoms with E-state index in [0.29, 0.717) is 12.4 Å². The summed E-state index contributed by atoms with van der Waals surface area (Å²) in [6, 6.07) is 0.938. The van der Waals surface area contributed by atoms with Crippen LogP contribution in [0.4, 0.5) is 12.9 Å². The Balaban J connectivity index is 0.00000220. The van der Waals surface area contributed by atoms with Crippen molar-refractivity contribution in [3.63, 3.8) is 0 Å². The molecule has 2 aromatic heterocycles. The SMILES string of the molecule is CCCn1ncnc1COc1cncc([B-](F)(F)F)c1.[K+]. The van der Waals surface area contributed by atoms with Crippen molar-refractivity contribution in [3.05, 3.63) is 30.6 Å². The molecule has 2 rings (SSSR count). The molecule has 0 bridgehead atoms. The van der Waals surface area contributed by atoms with Crippen LogP contribution < -0.4 is 61.6 Å².